The minimum Gasteiger partial charge on any atom is -0.455 e. The SMILES string of the molecule is c1ccc2cc(-c3ccc(-c4nc(-c5ccc(-c6cccc7ccc8c9ccccc9oc8c67)cc5)c5ccccc5n4)cc3)ccc2c1. The van der Waals surface area contributed by atoms with E-state index in [1.807, 2.05) is 18.2 Å². The molecule has 3 nitrogen and oxygen atoms in total. The zero-order valence-corrected chi connectivity index (χ0v) is 26.5. The van der Waals surface area contributed by atoms with Crippen molar-refractivity contribution in [3.05, 3.63) is 170 Å². The van der Waals surface area contributed by atoms with Gasteiger partial charge in [0.05, 0.1) is 11.2 Å². The molecule has 228 valence electrons. The highest BCUT2D eigenvalue weighted by atomic mass is 16.3. The summed E-state index contributed by atoms with van der Waals surface area (Å²) >= 11 is 0. The fourth-order valence-electron chi connectivity index (χ4n) is 7.21. The van der Waals surface area contributed by atoms with Gasteiger partial charge in [0.1, 0.15) is 11.2 Å². The number of fused-ring (bicyclic) bond motifs is 7. The van der Waals surface area contributed by atoms with Gasteiger partial charge < -0.3 is 4.42 Å². The van der Waals surface area contributed by atoms with Gasteiger partial charge in [0.2, 0.25) is 0 Å². The number of aromatic nitrogens is 2. The molecular formula is C46H28N2O. The van der Waals surface area contributed by atoms with Crippen molar-refractivity contribution >= 4 is 54.4 Å². The lowest BCUT2D eigenvalue weighted by Crippen LogP contribution is -1.95. The molecular weight excluding hydrogens is 597 g/mol. The van der Waals surface area contributed by atoms with Gasteiger partial charge in [-0.25, -0.2) is 9.97 Å². The maximum atomic E-state index is 6.46. The van der Waals surface area contributed by atoms with Crippen LogP contribution in [0.25, 0.3) is 99.3 Å². The Balaban J connectivity index is 1.05. The lowest BCUT2D eigenvalue weighted by Gasteiger charge is -2.12. The minimum absolute atomic E-state index is 0.712. The fraction of sp³-hybridized carbons (Fsp3) is 0. The maximum absolute atomic E-state index is 6.46. The molecule has 0 radical (unpaired) electrons. The van der Waals surface area contributed by atoms with Gasteiger partial charge in [-0.2, -0.15) is 0 Å². The quantitative estimate of drug-likeness (QED) is 0.196. The molecule has 0 aliphatic carbocycles. The Kier molecular flexibility index (Phi) is 6.18. The summed E-state index contributed by atoms with van der Waals surface area (Å²) in [5.41, 5.74) is 10.3. The molecule has 0 aliphatic heterocycles. The molecule has 0 unspecified atom stereocenters. The summed E-state index contributed by atoms with van der Waals surface area (Å²) in [7, 11) is 0. The molecule has 10 aromatic rings. The molecule has 0 atom stereocenters. The molecule has 0 aliphatic rings. The number of benzene rings is 8. The van der Waals surface area contributed by atoms with E-state index in [-0.39, 0.29) is 0 Å². The first-order valence-corrected chi connectivity index (χ1v) is 16.6. The highest BCUT2D eigenvalue weighted by Gasteiger charge is 2.16. The summed E-state index contributed by atoms with van der Waals surface area (Å²) < 4.78 is 6.46. The van der Waals surface area contributed by atoms with E-state index in [0.717, 1.165) is 71.6 Å². The number of nitrogens with zero attached hydrogens (tertiary/aromatic N) is 2. The largest absolute Gasteiger partial charge is 0.455 e. The van der Waals surface area contributed by atoms with Crippen LogP contribution < -0.4 is 0 Å². The van der Waals surface area contributed by atoms with E-state index in [9.17, 15) is 0 Å². The van der Waals surface area contributed by atoms with Gasteiger partial charge in [-0.05, 0) is 62.7 Å². The predicted octanol–water partition coefficient (Wildman–Crippen LogP) is 12.5. The second kappa shape index (κ2) is 11.0. The number of furan rings is 1. The summed E-state index contributed by atoms with van der Waals surface area (Å²) in [6.45, 7) is 0. The molecule has 10 rings (SSSR count). The zero-order valence-electron chi connectivity index (χ0n) is 26.5. The molecule has 2 aromatic heterocycles. The summed E-state index contributed by atoms with van der Waals surface area (Å²) in [6.07, 6.45) is 0. The van der Waals surface area contributed by atoms with Gasteiger partial charge in [-0.1, -0.05) is 146 Å². The van der Waals surface area contributed by atoms with Crippen LogP contribution in [-0.4, -0.2) is 9.97 Å². The first kappa shape index (κ1) is 27.5. The summed E-state index contributed by atoms with van der Waals surface area (Å²) in [4.78, 5) is 10.2. The van der Waals surface area contributed by atoms with Gasteiger partial charge in [-0.15, -0.1) is 0 Å². The monoisotopic (exact) mass is 624 g/mol. The molecule has 0 spiro atoms. The molecule has 0 fully saturated rings. The van der Waals surface area contributed by atoms with Crippen LogP contribution in [-0.2, 0) is 0 Å². The Morgan fingerprint density at radius 2 is 1.04 bits per heavy atom. The first-order chi connectivity index (χ1) is 24.3. The lowest BCUT2D eigenvalue weighted by atomic mass is 9.95. The second-order valence-electron chi connectivity index (χ2n) is 12.6. The number of hydrogen-bond donors (Lipinski definition) is 0. The van der Waals surface area contributed by atoms with E-state index in [1.54, 1.807) is 0 Å². The smallest absolute Gasteiger partial charge is 0.160 e. The maximum Gasteiger partial charge on any atom is 0.160 e. The molecule has 0 saturated carbocycles. The average molecular weight is 625 g/mol. The normalized spacial score (nSPS) is 11.7. The van der Waals surface area contributed by atoms with Crippen LogP contribution in [0.4, 0.5) is 0 Å². The predicted molar refractivity (Wildman–Crippen MR) is 204 cm³/mol. The van der Waals surface area contributed by atoms with Crippen molar-refractivity contribution in [3.63, 3.8) is 0 Å². The highest BCUT2D eigenvalue weighted by molar-refractivity contribution is 6.19. The highest BCUT2D eigenvalue weighted by Crippen LogP contribution is 2.40. The van der Waals surface area contributed by atoms with Crippen LogP contribution in [0.3, 0.4) is 0 Å². The van der Waals surface area contributed by atoms with Gasteiger partial charge >= 0.3 is 0 Å². The van der Waals surface area contributed by atoms with Crippen LogP contribution in [0.1, 0.15) is 0 Å². The molecule has 49 heavy (non-hydrogen) atoms. The fourth-order valence-corrected chi connectivity index (χ4v) is 7.21. The Bertz CT molecular complexity index is 2870. The second-order valence-corrected chi connectivity index (χ2v) is 12.6. The Morgan fingerprint density at radius 3 is 1.92 bits per heavy atom. The van der Waals surface area contributed by atoms with E-state index >= 15 is 0 Å². The summed E-state index contributed by atoms with van der Waals surface area (Å²) in [6, 6.07) is 59.7. The number of para-hydroxylation sites is 2. The minimum atomic E-state index is 0.712. The average Bonchev–Trinajstić information content (AvgIpc) is 3.56. The van der Waals surface area contributed by atoms with Gasteiger partial charge in [0.25, 0.3) is 0 Å². The molecule has 0 N–H and O–H groups in total. The van der Waals surface area contributed by atoms with Crippen molar-refractivity contribution in [2.24, 2.45) is 0 Å². The third-order valence-electron chi connectivity index (χ3n) is 9.69. The van der Waals surface area contributed by atoms with Crippen molar-refractivity contribution in [2.75, 3.05) is 0 Å². The molecule has 2 heterocycles. The molecule has 0 saturated heterocycles. The number of hydrogen-bond acceptors (Lipinski definition) is 3. The van der Waals surface area contributed by atoms with Crippen LogP contribution in [0, 0.1) is 0 Å². The van der Waals surface area contributed by atoms with E-state index in [1.165, 1.54) is 21.9 Å². The van der Waals surface area contributed by atoms with E-state index < -0.39 is 0 Å². The van der Waals surface area contributed by atoms with Gasteiger partial charge in [0.15, 0.2) is 5.82 Å². The summed E-state index contributed by atoms with van der Waals surface area (Å²) in [5, 5.41) is 8.07. The zero-order chi connectivity index (χ0) is 32.3. The Labute approximate surface area is 282 Å². The molecule has 8 aromatic carbocycles. The first-order valence-electron chi connectivity index (χ1n) is 16.6. The standard InChI is InChI=1S/C46H28N2O/c1-2-9-35-28-36(25-18-29(35)8-1)30-16-23-34(24-17-30)46-47-41-14-5-3-12-40(41)44(48-46)33-21-19-31(20-22-33)37-13-7-10-32-26-27-39-38-11-4-6-15-42(38)49-45(39)43(32)37/h1-28H. The third kappa shape index (κ3) is 4.59. The molecule has 3 heteroatoms. The van der Waals surface area contributed by atoms with Crippen molar-refractivity contribution in [2.45, 2.75) is 0 Å². The van der Waals surface area contributed by atoms with E-state index in [4.69, 9.17) is 14.4 Å². The van der Waals surface area contributed by atoms with Gasteiger partial charge in [-0.3, -0.25) is 0 Å². The van der Waals surface area contributed by atoms with E-state index in [2.05, 4.69) is 152 Å². The van der Waals surface area contributed by atoms with Crippen molar-refractivity contribution in [1.29, 1.82) is 0 Å². The topological polar surface area (TPSA) is 38.9 Å². The Hall–Kier alpha value is -6.58. The van der Waals surface area contributed by atoms with Crippen molar-refractivity contribution in [3.8, 4) is 44.9 Å². The van der Waals surface area contributed by atoms with Crippen LogP contribution in [0.15, 0.2) is 174 Å². The van der Waals surface area contributed by atoms with Crippen LogP contribution in [0.2, 0.25) is 0 Å². The number of rotatable bonds is 4. The molecule has 0 bridgehead atoms. The van der Waals surface area contributed by atoms with E-state index in [0.29, 0.717) is 5.82 Å². The Morgan fingerprint density at radius 1 is 0.388 bits per heavy atom. The van der Waals surface area contributed by atoms with Gasteiger partial charge in [0, 0.05) is 32.7 Å². The van der Waals surface area contributed by atoms with Crippen LogP contribution in [0.5, 0.6) is 0 Å². The van der Waals surface area contributed by atoms with Crippen molar-refractivity contribution < 1.29 is 4.42 Å². The molecule has 0 amide bonds. The summed E-state index contributed by atoms with van der Waals surface area (Å²) in [5.74, 6) is 0.712. The van der Waals surface area contributed by atoms with Crippen LogP contribution >= 0.6 is 0 Å². The van der Waals surface area contributed by atoms with Crippen molar-refractivity contribution in [1.82, 2.24) is 9.97 Å². The third-order valence-corrected chi connectivity index (χ3v) is 9.69. The lowest BCUT2D eigenvalue weighted by molar-refractivity contribution is 0.673.